The molecule has 0 fully saturated rings. The van der Waals surface area contributed by atoms with Crippen LogP contribution in [0.4, 0.5) is 9.18 Å². The molecule has 6 nitrogen and oxygen atoms in total. The van der Waals surface area contributed by atoms with E-state index in [0.29, 0.717) is 23.4 Å². The summed E-state index contributed by atoms with van der Waals surface area (Å²) in [5.41, 5.74) is 1.28. The minimum absolute atomic E-state index is 0.256. The third-order valence-electron chi connectivity index (χ3n) is 3.47. The van der Waals surface area contributed by atoms with Gasteiger partial charge in [-0.3, -0.25) is 0 Å². The van der Waals surface area contributed by atoms with Gasteiger partial charge in [0.05, 0.1) is 12.6 Å². The molecule has 0 aliphatic rings. The van der Waals surface area contributed by atoms with Gasteiger partial charge in [0.25, 0.3) is 0 Å². The van der Waals surface area contributed by atoms with E-state index in [1.807, 2.05) is 0 Å². The van der Waals surface area contributed by atoms with Crippen LogP contribution >= 0.6 is 0 Å². The van der Waals surface area contributed by atoms with Gasteiger partial charge in [0.2, 0.25) is 0 Å². The Morgan fingerprint density at radius 3 is 2.70 bits per heavy atom. The van der Waals surface area contributed by atoms with Gasteiger partial charge in [-0.1, -0.05) is 12.1 Å². The van der Waals surface area contributed by atoms with Gasteiger partial charge < -0.3 is 20.2 Å². The summed E-state index contributed by atoms with van der Waals surface area (Å²) in [5.74, 6) is 0.305. The normalized spacial score (nSPS) is 13.4. The molecule has 1 aromatic carbocycles. The lowest BCUT2D eigenvalue weighted by Gasteiger charge is -2.18. The Morgan fingerprint density at radius 2 is 2.09 bits per heavy atom. The van der Waals surface area contributed by atoms with E-state index in [0.717, 1.165) is 0 Å². The maximum atomic E-state index is 12.9. The first kappa shape index (κ1) is 17.0. The molecule has 0 aliphatic carbocycles. The number of carbonyl (C=O) groups excluding carboxylic acids is 1. The smallest absolute Gasteiger partial charge is 0.315 e. The molecule has 1 heterocycles. The zero-order chi connectivity index (χ0) is 16.8. The number of hydrogen-bond donors (Lipinski definition) is 3. The molecular formula is C16H20FN3O3. The van der Waals surface area contributed by atoms with Gasteiger partial charge >= 0.3 is 6.03 Å². The van der Waals surface area contributed by atoms with E-state index in [2.05, 4.69) is 15.6 Å². The van der Waals surface area contributed by atoms with Crippen LogP contribution in [-0.4, -0.2) is 22.2 Å². The van der Waals surface area contributed by atoms with Crippen molar-refractivity contribution in [3.05, 3.63) is 53.5 Å². The van der Waals surface area contributed by atoms with Gasteiger partial charge in [0, 0.05) is 6.04 Å². The molecule has 7 heteroatoms. The van der Waals surface area contributed by atoms with E-state index >= 15 is 0 Å². The minimum atomic E-state index is -0.774. The first-order chi connectivity index (χ1) is 11.0. The van der Waals surface area contributed by atoms with Gasteiger partial charge in [0.15, 0.2) is 6.39 Å². The summed E-state index contributed by atoms with van der Waals surface area (Å²) >= 11 is 0. The van der Waals surface area contributed by atoms with E-state index in [1.165, 1.54) is 30.7 Å². The molecule has 0 spiro atoms. The van der Waals surface area contributed by atoms with Crippen molar-refractivity contribution in [2.75, 3.05) is 0 Å². The van der Waals surface area contributed by atoms with Gasteiger partial charge in [0.1, 0.15) is 17.3 Å². The van der Waals surface area contributed by atoms with Crippen LogP contribution in [0.15, 0.2) is 35.1 Å². The standard InChI is InChI=1S/C16H20FN3O3/c1-10(7-15(21)12-3-5-13(17)6-4-12)20-16(22)18-8-14-11(2)23-9-19-14/h3-6,9-10,15,21H,7-8H2,1-2H3,(H2,18,20,22). The maximum Gasteiger partial charge on any atom is 0.315 e. The Kier molecular flexibility index (Phi) is 5.70. The van der Waals surface area contributed by atoms with E-state index in [4.69, 9.17) is 4.42 Å². The number of nitrogens with one attached hydrogen (secondary N) is 2. The molecule has 1 aromatic heterocycles. The van der Waals surface area contributed by atoms with Crippen molar-refractivity contribution in [1.82, 2.24) is 15.6 Å². The fraction of sp³-hybridized carbons (Fsp3) is 0.375. The van der Waals surface area contributed by atoms with Crippen molar-refractivity contribution in [2.24, 2.45) is 0 Å². The van der Waals surface area contributed by atoms with Crippen LogP contribution in [0.25, 0.3) is 0 Å². The highest BCUT2D eigenvalue weighted by Crippen LogP contribution is 2.18. The molecule has 0 saturated heterocycles. The number of rotatable bonds is 6. The molecule has 0 aliphatic heterocycles. The van der Waals surface area contributed by atoms with Crippen LogP contribution in [0.2, 0.25) is 0 Å². The number of aliphatic hydroxyl groups excluding tert-OH is 1. The van der Waals surface area contributed by atoms with Crippen molar-refractivity contribution < 1.29 is 18.7 Å². The molecule has 2 rings (SSSR count). The Balaban J connectivity index is 1.77. The van der Waals surface area contributed by atoms with E-state index < -0.39 is 6.10 Å². The molecule has 2 atom stereocenters. The highest BCUT2D eigenvalue weighted by atomic mass is 19.1. The minimum Gasteiger partial charge on any atom is -0.448 e. The third kappa shape index (κ3) is 5.07. The number of nitrogens with zero attached hydrogens (tertiary/aromatic N) is 1. The number of aliphatic hydroxyl groups is 1. The topological polar surface area (TPSA) is 87.4 Å². The number of aromatic nitrogens is 1. The average molecular weight is 321 g/mol. The zero-order valence-electron chi connectivity index (χ0n) is 13.0. The fourth-order valence-corrected chi connectivity index (χ4v) is 2.15. The van der Waals surface area contributed by atoms with Gasteiger partial charge in [-0.25, -0.2) is 14.2 Å². The molecule has 0 radical (unpaired) electrons. The number of carbonyl (C=O) groups is 1. The van der Waals surface area contributed by atoms with Crippen LogP contribution in [0, 0.1) is 12.7 Å². The highest BCUT2D eigenvalue weighted by molar-refractivity contribution is 5.74. The molecule has 2 amide bonds. The van der Waals surface area contributed by atoms with Crippen LogP contribution < -0.4 is 10.6 Å². The molecule has 2 unspecified atom stereocenters. The number of oxazole rings is 1. The Hall–Kier alpha value is -2.41. The molecule has 2 aromatic rings. The monoisotopic (exact) mass is 321 g/mol. The SMILES string of the molecule is Cc1ocnc1CNC(=O)NC(C)CC(O)c1ccc(F)cc1. The number of hydrogen-bond acceptors (Lipinski definition) is 4. The van der Waals surface area contributed by atoms with Crippen molar-refractivity contribution in [3.63, 3.8) is 0 Å². The summed E-state index contributed by atoms with van der Waals surface area (Å²) in [6, 6.07) is 5.03. The summed E-state index contributed by atoms with van der Waals surface area (Å²) in [7, 11) is 0. The van der Waals surface area contributed by atoms with Gasteiger partial charge in [-0.05, 0) is 38.0 Å². The van der Waals surface area contributed by atoms with Crippen LogP contribution in [0.3, 0.4) is 0 Å². The highest BCUT2D eigenvalue weighted by Gasteiger charge is 2.15. The quantitative estimate of drug-likeness (QED) is 0.762. The molecule has 3 N–H and O–H groups in total. The zero-order valence-corrected chi connectivity index (χ0v) is 13.0. The summed E-state index contributed by atoms with van der Waals surface area (Å²) < 4.78 is 17.9. The maximum absolute atomic E-state index is 12.9. The van der Waals surface area contributed by atoms with Crippen LogP contribution in [0.5, 0.6) is 0 Å². The van der Waals surface area contributed by atoms with Crippen LogP contribution in [-0.2, 0) is 6.54 Å². The van der Waals surface area contributed by atoms with Gasteiger partial charge in [-0.15, -0.1) is 0 Å². The second-order valence-electron chi connectivity index (χ2n) is 5.39. The second-order valence-corrected chi connectivity index (χ2v) is 5.39. The summed E-state index contributed by atoms with van der Waals surface area (Å²) in [6.45, 7) is 3.82. The van der Waals surface area contributed by atoms with E-state index in [1.54, 1.807) is 13.8 Å². The van der Waals surface area contributed by atoms with Crippen molar-refractivity contribution in [2.45, 2.75) is 39.0 Å². The number of halogens is 1. The number of amides is 2. The molecule has 0 bridgehead atoms. The number of aryl methyl sites for hydroxylation is 1. The first-order valence-corrected chi connectivity index (χ1v) is 7.32. The summed E-state index contributed by atoms with van der Waals surface area (Å²) in [5, 5.41) is 15.5. The predicted molar refractivity (Wildman–Crippen MR) is 82.1 cm³/mol. The summed E-state index contributed by atoms with van der Waals surface area (Å²) in [4.78, 5) is 15.8. The summed E-state index contributed by atoms with van der Waals surface area (Å²) in [6.07, 6.45) is 0.872. The Bertz CT molecular complexity index is 642. The lowest BCUT2D eigenvalue weighted by atomic mass is 10.0. The largest absolute Gasteiger partial charge is 0.448 e. The first-order valence-electron chi connectivity index (χ1n) is 7.32. The van der Waals surface area contributed by atoms with Crippen molar-refractivity contribution in [1.29, 1.82) is 0 Å². The number of benzene rings is 1. The average Bonchev–Trinajstić information content (AvgIpc) is 2.91. The Labute approximate surface area is 133 Å². The molecule has 23 heavy (non-hydrogen) atoms. The van der Waals surface area contributed by atoms with E-state index in [-0.39, 0.29) is 24.4 Å². The fourth-order valence-electron chi connectivity index (χ4n) is 2.15. The lowest BCUT2D eigenvalue weighted by Crippen LogP contribution is -2.41. The second kappa shape index (κ2) is 7.73. The molecule has 0 saturated carbocycles. The number of urea groups is 1. The predicted octanol–water partition coefficient (Wildman–Crippen LogP) is 2.43. The van der Waals surface area contributed by atoms with Crippen molar-refractivity contribution in [3.8, 4) is 0 Å². The van der Waals surface area contributed by atoms with E-state index in [9.17, 15) is 14.3 Å². The Morgan fingerprint density at radius 1 is 1.39 bits per heavy atom. The molecule has 124 valence electrons. The van der Waals surface area contributed by atoms with Crippen LogP contribution in [0.1, 0.15) is 36.5 Å². The third-order valence-corrected chi connectivity index (χ3v) is 3.47. The van der Waals surface area contributed by atoms with Gasteiger partial charge in [-0.2, -0.15) is 0 Å². The lowest BCUT2D eigenvalue weighted by molar-refractivity contribution is 0.154. The molecular weight excluding hydrogens is 301 g/mol. The van der Waals surface area contributed by atoms with Crippen molar-refractivity contribution >= 4 is 6.03 Å².